The van der Waals surface area contributed by atoms with E-state index < -0.39 is 9.84 Å². The second-order valence-corrected chi connectivity index (χ2v) is 8.04. The summed E-state index contributed by atoms with van der Waals surface area (Å²) < 4.78 is 28.6. The molecule has 6 nitrogen and oxygen atoms in total. The Morgan fingerprint density at radius 1 is 1.39 bits per heavy atom. The molecule has 8 heteroatoms. The van der Waals surface area contributed by atoms with Crippen LogP contribution in [0.3, 0.4) is 0 Å². The number of halogens is 1. The lowest BCUT2D eigenvalue weighted by molar-refractivity contribution is 0.181. The van der Waals surface area contributed by atoms with Crippen LogP contribution < -0.4 is 10.1 Å². The van der Waals surface area contributed by atoms with Crippen LogP contribution in [0.15, 0.2) is 24.3 Å². The van der Waals surface area contributed by atoms with Crippen molar-refractivity contribution in [3.63, 3.8) is 0 Å². The van der Waals surface area contributed by atoms with Gasteiger partial charge in [0.2, 0.25) is 0 Å². The van der Waals surface area contributed by atoms with Crippen LogP contribution in [0.25, 0.3) is 0 Å². The fourth-order valence-electron chi connectivity index (χ4n) is 2.55. The molecule has 0 radical (unpaired) electrons. The Bertz CT molecular complexity index is 633. The lowest BCUT2D eigenvalue weighted by atomic mass is 10.2. The fourth-order valence-corrected chi connectivity index (χ4v) is 4.40. The van der Waals surface area contributed by atoms with E-state index in [0.29, 0.717) is 36.9 Å². The van der Waals surface area contributed by atoms with Gasteiger partial charge in [-0.2, -0.15) is 0 Å². The highest BCUT2D eigenvalue weighted by atomic mass is 35.5. The molecule has 0 aromatic heterocycles. The number of sulfone groups is 1. The van der Waals surface area contributed by atoms with Gasteiger partial charge in [0.1, 0.15) is 12.4 Å². The molecule has 128 valence electrons. The number of urea groups is 1. The van der Waals surface area contributed by atoms with Gasteiger partial charge in [-0.3, -0.25) is 0 Å². The molecule has 1 atom stereocenters. The van der Waals surface area contributed by atoms with Gasteiger partial charge < -0.3 is 15.0 Å². The monoisotopic (exact) mass is 360 g/mol. The average molecular weight is 361 g/mol. The van der Waals surface area contributed by atoms with Crippen LogP contribution in [-0.4, -0.2) is 56.6 Å². The van der Waals surface area contributed by atoms with E-state index in [4.69, 9.17) is 16.3 Å². The first-order valence-corrected chi connectivity index (χ1v) is 9.74. The number of nitrogens with one attached hydrogen (secondary N) is 1. The molecule has 0 bridgehead atoms. The smallest absolute Gasteiger partial charge is 0.317 e. The van der Waals surface area contributed by atoms with Crippen LogP contribution in [0.1, 0.15) is 13.3 Å². The zero-order valence-electron chi connectivity index (χ0n) is 13.0. The van der Waals surface area contributed by atoms with Gasteiger partial charge in [-0.05, 0) is 37.6 Å². The first kappa shape index (κ1) is 17.9. The number of benzene rings is 1. The van der Waals surface area contributed by atoms with Crippen molar-refractivity contribution >= 4 is 27.5 Å². The Hall–Kier alpha value is -1.47. The van der Waals surface area contributed by atoms with Crippen molar-refractivity contribution in [3.8, 4) is 5.75 Å². The van der Waals surface area contributed by atoms with E-state index in [2.05, 4.69) is 5.32 Å². The Morgan fingerprint density at radius 3 is 2.65 bits per heavy atom. The third kappa shape index (κ3) is 5.28. The summed E-state index contributed by atoms with van der Waals surface area (Å²) in [5.74, 6) is 0.884. The number of ether oxygens (including phenoxy) is 1. The highest BCUT2D eigenvalue weighted by Gasteiger charge is 2.33. The van der Waals surface area contributed by atoms with Crippen LogP contribution in [0.2, 0.25) is 5.02 Å². The first-order valence-electron chi connectivity index (χ1n) is 7.54. The number of hydrogen-bond donors (Lipinski definition) is 1. The van der Waals surface area contributed by atoms with E-state index >= 15 is 0 Å². The zero-order chi connectivity index (χ0) is 16.9. The van der Waals surface area contributed by atoms with Gasteiger partial charge in [0.25, 0.3) is 0 Å². The van der Waals surface area contributed by atoms with Gasteiger partial charge >= 0.3 is 6.03 Å². The summed E-state index contributed by atoms with van der Waals surface area (Å²) in [4.78, 5) is 13.8. The molecular formula is C15H21ClN2O4S. The van der Waals surface area contributed by atoms with E-state index in [1.54, 1.807) is 29.2 Å². The predicted octanol–water partition coefficient (Wildman–Crippen LogP) is 1.94. The average Bonchev–Trinajstić information content (AvgIpc) is 2.86. The summed E-state index contributed by atoms with van der Waals surface area (Å²) >= 11 is 5.79. The zero-order valence-corrected chi connectivity index (χ0v) is 14.6. The minimum atomic E-state index is -3.01. The van der Waals surface area contributed by atoms with E-state index in [-0.39, 0.29) is 23.6 Å². The number of nitrogens with zero attached hydrogens (tertiary/aromatic N) is 1. The lowest BCUT2D eigenvalue weighted by Gasteiger charge is -2.27. The van der Waals surface area contributed by atoms with Gasteiger partial charge in [-0.1, -0.05) is 11.6 Å². The number of carbonyl (C=O) groups is 1. The summed E-state index contributed by atoms with van der Waals surface area (Å²) in [6.07, 6.45) is 0.505. The predicted molar refractivity (Wildman–Crippen MR) is 89.8 cm³/mol. The van der Waals surface area contributed by atoms with Crippen LogP contribution >= 0.6 is 11.6 Å². The molecular weight excluding hydrogens is 340 g/mol. The lowest BCUT2D eigenvalue weighted by Crippen LogP contribution is -2.47. The van der Waals surface area contributed by atoms with Crippen molar-refractivity contribution in [2.24, 2.45) is 0 Å². The molecule has 2 amide bonds. The summed E-state index contributed by atoms with van der Waals surface area (Å²) in [6, 6.07) is 6.48. The SMILES string of the molecule is CCN(C(=O)NCCOc1ccc(Cl)cc1)C1CCS(=O)(=O)C1. The quantitative estimate of drug-likeness (QED) is 0.786. The maximum atomic E-state index is 12.2. The molecule has 0 spiro atoms. The van der Waals surface area contributed by atoms with Crippen LogP contribution in [-0.2, 0) is 9.84 Å². The van der Waals surface area contributed by atoms with E-state index in [0.717, 1.165) is 0 Å². The molecule has 1 saturated heterocycles. The summed E-state index contributed by atoms with van der Waals surface area (Å²) in [6.45, 7) is 2.99. The van der Waals surface area contributed by atoms with E-state index in [1.807, 2.05) is 6.92 Å². The maximum absolute atomic E-state index is 12.2. The number of carbonyl (C=O) groups excluding carboxylic acids is 1. The van der Waals surface area contributed by atoms with Crippen molar-refractivity contribution in [2.45, 2.75) is 19.4 Å². The molecule has 1 N–H and O–H groups in total. The standard InChI is InChI=1S/C15H21ClN2O4S/c1-2-18(13-7-10-23(20,21)11-13)15(19)17-8-9-22-14-5-3-12(16)4-6-14/h3-6,13H,2,7-11H2,1H3,(H,17,19). The van der Waals surface area contributed by atoms with Gasteiger partial charge in [0, 0.05) is 17.6 Å². The summed E-state index contributed by atoms with van der Waals surface area (Å²) in [5, 5.41) is 3.40. The molecule has 1 aromatic carbocycles. The molecule has 1 aromatic rings. The minimum Gasteiger partial charge on any atom is -0.492 e. The van der Waals surface area contributed by atoms with Crippen molar-refractivity contribution < 1.29 is 17.9 Å². The Balaban J connectivity index is 1.75. The van der Waals surface area contributed by atoms with Crippen molar-refractivity contribution in [1.82, 2.24) is 10.2 Å². The summed E-state index contributed by atoms with van der Waals surface area (Å²) in [5.41, 5.74) is 0. The molecule has 1 fully saturated rings. The molecule has 1 unspecified atom stereocenters. The Morgan fingerprint density at radius 2 is 2.09 bits per heavy atom. The fraction of sp³-hybridized carbons (Fsp3) is 0.533. The Labute approximate surface area is 141 Å². The topological polar surface area (TPSA) is 75.7 Å². The van der Waals surface area contributed by atoms with Crippen molar-refractivity contribution in [3.05, 3.63) is 29.3 Å². The Kier molecular flexibility index (Phi) is 6.12. The molecule has 23 heavy (non-hydrogen) atoms. The second-order valence-electron chi connectivity index (χ2n) is 5.38. The van der Waals surface area contributed by atoms with E-state index in [9.17, 15) is 13.2 Å². The third-order valence-electron chi connectivity index (χ3n) is 3.71. The van der Waals surface area contributed by atoms with Crippen LogP contribution in [0, 0.1) is 0 Å². The van der Waals surface area contributed by atoms with Crippen LogP contribution in [0.5, 0.6) is 5.75 Å². The first-order chi connectivity index (χ1) is 10.9. The molecule has 2 rings (SSSR count). The van der Waals surface area contributed by atoms with Gasteiger partial charge in [-0.15, -0.1) is 0 Å². The molecule has 1 heterocycles. The third-order valence-corrected chi connectivity index (χ3v) is 5.71. The number of amides is 2. The molecule has 0 saturated carbocycles. The van der Waals surface area contributed by atoms with Crippen molar-refractivity contribution in [2.75, 3.05) is 31.2 Å². The number of hydrogen-bond acceptors (Lipinski definition) is 4. The van der Waals surface area contributed by atoms with E-state index in [1.165, 1.54) is 0 Å². The molecule has 0 aliphatic carbocycles. The highest BCUT2D eigenvalue weighted by molar-refractivity contribution is 7.91. The largest absolute Gasteiger partial charge is 0.492 e. The molecule has 1 aliphatic heterocycles. The molecule has 1 aliphatic rings. The minimum absolute atomic E-state index is 0.0511. The summed E-state index contributed by atoms with van der Waals surface area (Å²) in [7, 11) is -3.01. The second kappa shape index (κ2) is 7.88. The van der Waals surface area contributed by atoms with Crippen LogP contribution in [0.4, 0.5) is 4.79 Å². The maximum Gasteiger partial charge on any atom is 0.317 e. The highest BCUT2D eigenvalue weighted by Crippen LogP contribution is 2.18. The van der Waals surface area contributed by atoms with Crippen molar-refractivity contribution in [1.29, 1.82) is 0 Å². The normalized spacial score (nSPS) is 19.3. The van der Waals surface area contributed by atoms with Gasteiger partial charge in [0.05, 0.1) is 18.1 Å². The van der Waals surface area contributed by atoms with Gasteiger partial charge in [0.15, 0.2) is 9.84 Å². The van der Waals surface area contributed by atoms with Gasteiger partial charge in [-0.25, -0.2) is 13.2 Å². The number of rotatable bonds is 6.